The third-order valence-corrected chi connectivity index (χ3v) is 8.61. The van der Waals surface area contributed by atoms with Gasteiger partial charge in [-0.05, 0) is 75.9 Å². The van der Waals surface area contributed by atoms with E-state index < -0.39 is 0 Å². The first-order valence-electron chi connectivity index (χ1n) is 12.4. The second kappa shape index (κ2) is 9.00. The molecule has 4 fully saturated rings. The summed E-state index contributed by atoms with van der Waals surface area (Å²) in [5, 5.41) is 9.28. The maximum absolute atomic E-state index is 9.28. The Morgan fingerprint density at radius 3 is 2.19 bits per heavy atom. The molecule has 2 saturated heterocycles. The fraction of sp³-hybridized carbons (Fsp3) is 0.654. The maximum atomic E-state index is 9.28. The van der Waals surface area contributed by atoms with Crippen LogP contribution in [0.25, 0.3) is 0 Å². The average molecular weight is 435 g/mol. The van der Waals surface area contributed by atoms with Gasteiger partial charge < -0.3 is 0 Å². The zero-order valence-electron chi connectivity index (χ0n) is 18.6. The monoisotopic (exact) mass is 434 g/mol. The Labute approximate surface area is 192 Å². The van der Waals surface area contributed by atoms with E-state index >= 15 is 0 Å². The Morgan fingerprint density at radius 2 is 1.55 bits per heavy atom. The molecule has 1 spiro atoms. The van der Waals surface area contributed by atoms with Crippen LogP contribution in [0, 0.1) is 16.7 Å². The van der Waals surface area contributed by atoms with Gasteiger partial charge in [0.2, 0.25) is 0 Å². The smallest absolute Gasteiger partial charge is 0.127 e. The van der Waals surface area contributed by atoms with Crippen molar-refractivity contribution in [2.24, 2.45) is 10.4 Å². The molecule has 164 valence electrons. The normalized spacial score (nSPS) is 28.5. The molecule has 1 aromatic rings. The first-order chi connectivity index (χ1) is 15.2. The molecule has 0 N–H and O–H groups in total. The summed E-state index contributed by atoms with van der Waals surface area (Å²) < 4.78 is 0. The SMILES string of the molecule is N#Cc1ccc(N2C(=S)C3(CCCCC3)C(N3CCCC3)C2=NC2CCCCC2)cc1. The number of hydrogen-bond acceptors (Lipinski definition) is 4. The van der Waals surface area contributed by atoms with Crippen molar-refractivity contribution in [3.05, 3.63) is 29.8 Å². The Kier molecular flexibility index (Phi) is 6.12. The van der Waals surface area contributed by atoms with E-state index in [2.05, 4.69) is 28.0 Å². The molecule has 1 unspecified atom stereocenters. The third kappa shape index (κ3) is 3.83. The van der Waals surface area contributed by atoms with Gasteiger partial charge in [0.25, 0.3) is 0 Å². The summed E-state index contributed by atoms with van der Waals surface area (Å²) in [7, 11) is 0. The summed E-state index contributed by atoms with van der Waals surface area (Å²) in [4.78, 5) is 11.6. The van der Waals surface area contributed by atoms with Crippen molar-refractivity contribution in [3.8, 4) is 6.07 Å². The minimum Gasteiger partial charge on any atom is -0.293 e. The standard InChI is InChI=1S/C26H34N4S/c27-19-20-11-13-22(14-12-20)30-24(28-21-9-3-1-4-10-21)23(29-17-7-8-18-29)26(25(30)31)15-5-2-6-16-26/h11-14,21,23H,1-10,15-18H2. The van der Waals surface area contributed by atoms with Gasteiger partial charge in [0.15, 0.2) is 0 Å². The molecule has 5 heteroatoms. The van der Waals surface area contributed by atoms with E-state index in [4.69, 9.17) is 17.2 Å². The van der Waals surface area contributed by atoms with Gasteiger partial charge in [-0.15, -0.1) is 0 Å². The highest BCUT2D eigenvalue weighted by Crippen LogP contribution is 2.50. The highest BCUT2D eigenvalue weighted by atomic mass is 32.1. The van der Waals surface area contributed by atoms with Crippen molar-refractivity contribution in [3.63, 3.8) is 0 Å². The Bertz CT molecular complexity index is 866. The molecule has 4 nitrogen and oxygen atoms in total. The minimum atomic E-state index is 0.0410. The maximum Gasteiger partial charge on any atom is 0.127 e. The van der Waals surface area contributed by atoms with Crippen LogP contribution in [-0.4, -0.2) is 40.9 Å². The van der Waals surface area contributed by atoms with Crippen LogP contribution in [0.1, 0.15) is 82.6 Å². The number of rotatable bonds is 3. The molecule has 1 atom stereocenters. The highest BCUT2D eigenvalue weighted by Gasteiger charge is 2.57. The van der Waals surface area contributed by atoms with E-state index in [1.165, 1.54) is 96.0 Å². The van der Waals surface area contributed by atoms with Crippen LogP contribution in [-0.2, 0) is 0 Å². The predicted octanol–water partition coefficient (Wildman–Crippen LogP) is 5.85. The average Bonchev–Trinajstić information content (AvgIpc) is 3.41. The number of likely N-dealkylation sites (tertiary alicyclic amines) is 1. The van der Waals surface area contributed by atoms with Crippen LogP contribution in [0.3, 0.4) is 0 Å². The van der Waals surface area contributed by atoms with Gasteiger partial charge >= 0.3 is 0 Å². The van der Waals surface area contributed by atoms with E-state index in [-0.39, 0.29) is 5.41 Å². The first-order valence-corrected chi connectivity index (χ1v) is 12.8. The number of thiocarbonyl (C=S) groups is 1. The Morgan fingerprint density at radius 1 is 0.903 bits per heavy atom. The second-order valence-corrected chi connectivity index (χ2v) is 10.3. The van der Waals surface area contributed by atoms with Crippen molar-refractivity contribution >= 4 is 28.7 Å². The van der Waals surface area contributed by atoms with E-state index in [1.807, 2.05) is 12.1 Å². The summed E-state index contributed by atoms with van der Waals surface area (Å²) in [6.07, 6.45) is 15.1. The van der Waals surface area contributed by atoms with Crippen molar-refractivity contribution in [2.45, 2.75) is 89.1 Å². The number of hydrogen-bond donors (Lipinski definition) is 0. The molecule has 0 aromatic heterocycles. The summed E-state index contributed by atoms with van der Waals surface area (Å²) in [6.45, 7) is 2.33. The number of amidine groups is 1. The molecule has 0 amide bonds. The molecule has 0 radical (unpaired) electrons. The fourth-order valence-electron chi connectivity index (χ4n) is 6.46. The van der Waals surface area contributed by atoms with Crippen molar-refractivity contribution in [2.75, 3.05) is 18.0 Å². The van der Waals surface area contributed by atoms with Gasteiger partial charge in [0.05, 0.1) is 28.7 Å². The predicted molar refractivity (Wildman–Crippen MR) is 131 cm³/mol. The van der Waals surface area contributed by atoms with Crippen molar-refractivity contribution < 1.29 is 0 Å². The number of nitrogens with zero attached hydrogens (tertiary/aromatic N) is 4. The highest BCUT2D eigenvalue weighted by molar-refractivity contribution is 7.80. The number of benzene rings is 1. The zero-order chi connectivity index (χ0) is 21.3. The lowest BCUT2D eigenvalue weighted by Crippen LogP contribution is -2.50. The summed E-state index contributed by atoms with van der Waals surface area (Å²) in [5.41, 5.74) is 1.83. The van der Waals surface area contributed by atoms with Gasteiger partial charge in [-0.25, -0.2) is 0 Å². The molecule has 2 saturated carbocycles. The first kappa shape index (κ1) is 21.1. The van der Waals surface area contributed by atoms with Crippen molar-refractivity contribution in [1.82, 2.24) is 4.90 Å². The lowest BCUT2D eigenvalue weighted by Gasteiger charge is -2.41. The summed E-state index contributed by atoms with van der Waals surface area (Å²) in [6, 6.07) is 11.0. The quantitative estimate of drug-likeness (QED) is 0.560. The molecule has 31 heavy (non-hydrogen) atoms. The lowest BCUT2D eigenvalue weighted by molar-refractivity contribution is 0.154. The Balaban J connectivity index is 1.62. The largest absolute Gasteiger partial charge is 0.293 e. The zero-order valence-corrected chi connectivity index (χ0v) is 19.4. The van der Waals surface area contributed by atoms with Crippen LogP contribution in [0.2, 0.25) is 0 Å². The molecule has 4 aliphatic rings. The van der Waals surface area contributed by atoms with Gasteiger partial charge in [0, 0.05) is 11.1 Å². The fourth-order valence-corrected chi connectivity index (χ4v) is 6.97. The number of aliphatic imine (C=N–C) groups is 1. The van der Waals surface area contributed by atoms with Gasteiger partial charge in [-0.1, -0.05) is 50.7 Å². The van der Waals surface area contributed by atoms with Gasteiger partial charge in [-0.3, -0.25) is 14.8 Å². The molecule has 0 bridgehead atoms. The number of anilines is 1. The van der Waals surface area contributed by atoms with E-state index in [0.29, 0.717) is 17.6 Å². The molecule has 2 aliphatic carbocycles. The molecule has 2 heterocycles. The van der Waals surface area contributed by atoms with Crippen LogP contribution < -0.4 is 4.90 Å². The lowest BCUT2D eigenvalue weighted by atomic mass is 9.70. The topological polar surface area (TPSA) is 42.6 Å². The van der Waals surface area contributed by atoms with Crippen molar-refractivity contribution in [1.29, 1.82) is 5.26 Å². The number of nitriles is 1. The van der Waals surface area contributed by atoms with Crippen LogP contribution in [0.15, 0.2) is 29.3 Å². The molecular weight excluding hydrogens is 400 g/mol. The third-order valence-electron chi connectivity index (χ3n) is 8.02. The van der Waals surface area contributed by atoms with Crippen LogP contribution >= 0.6 is 12.2 Å². The molecule has 5 rings (SSSR count). The minimum absolute atomic E-state index is 0.0410. The molecule has 1 aromatic carbocycles. The van der Waals surface area contributed by atoms with E-state index in [0.717, 1.165) is 10.7 Å². The van der Waals surface area contributed by atoms with Crippen LogP contribution in [0.4, 0.5) is 5.69 Å². The Hall–Kier alpha value is -1.77. The van der Waals surface area contributed by atoms with Gasteiger partial charge in [-0.2, -0.15) is 5.26 Å². The van der Waals surface area contributed by atoms with E-state index in [1.54, 1.807) is 0 Å². The van der Waals surface area contributed by atoms with Gasteiger partial charge in [0.1, 0.15) is 5.84 Å². The van der Waals surface area contributed by atoms with E-state index in [9.17, 15) is 5.26 Å². The molecular formula is C26H34N4S. The molecule has 2 aliphatic heterocycles. The second-order valence-electron chi connectivity index (χ2n) is 9.94. The summed E-state index contributed by atoms with van der Waals surface area (Å²) >= 11 is 6.33. The van der Waals surface area contributed by atoms with Crippen LogP contribution in [0.5, 0.6) is 0 Å². The summed E-state index contributed by atoms with van der Waals surface area (Å²) in [5.74, 6) is 1.21.